The zero-order valence-corrected chi connectivity index (χ0v) is 12.7. The zero-order valence-electron chi connectivity index (χ0n) is 11.2. The molecule has 3 rings (SSSR count). The predicted octanol–water partition coefficient (Wildman–Crippen LogP) is 3.85. The van der Waals surface area contributed by atoms with Crippen LogP contribution in [0, 0.1) is 5.92 Å². The standard InChI is InChI=1S/C15H18Cl2N2O/c16-10-6-11(17)8-12(7-10)18-15(20)14-5-9-3-1-2-4-13(9)19-14/h6-9,13-14,19H,1-5H2,(H,18,20). The van der Waals surface area contributed by atoms with Gasteiger partial charge in [0.05, 0.1) is 6.04 Å². The number of rotatable bonds is 2. The summed E-state index contributed by atoms with van der Waals surface area (Å²) >= 11 is 11.9. The van der Waals surface area contributed by atoms with Gasteiger partial charge in [0.15, 0.2) is 0 Å². The van der Waals surface area contributed by atoms with Crippen molar-refractivity contribution < 1.29 is 4.79 Å². The molecule has 108 valence electrons. The first-order chi connectivity index (χ1) is 9.61. The van der Waals surface area contributed by atoms with Gasteiger partial charge < -0.3 is 10.6 Å². The second kappa shape index (κ2) is 5.92. The average Bonchev–Trinajstić information content (AvgIpc) is 2.81. The van der Waals surface area contributed by atoms with Crippen LogP contribution in [0.4, 0.5) is 5.69 Å². The van der Waals surface area contributed by atoms with Gasteiger partial charge in [0, 0.05) is 21.8 Å². The Bertz CT molecular complexity index is 486. The van der Waals surface area contributed by atoms with Crippen LogP contribution in [0.3, 0.4) is 0 Å². The van der Waals surface area contributed by atoms with E-state index >= 15 is 0 Å². The first-order valence-corrected chi connectivity index (χ1v) is 7.90. The number of nitrogens with one attached hydrogen (secondary N) is 2. The number of amides is 1. The molecule has 3 unspecified atom stereocenters. The van der Waals surface area contributed by atoms with E-state index in [1.807, 2.05) is 0 Å². The van der Waals surface area contributed by atoms with Crippen molar-refractivity contribution >= 4 is 34.8 Å². The highest BCUT2D eigenvalue weighted by molar-refractivity contribution is 6.35. The van der Waals surface area contributed by atoms with Crippen molar-refractivity contribution in [3.8, 4) is 0 Å². The lowest BCUT2D eigenvalue weighted by molar-refractivity contribution is -0.117. The molecule has 0 spiro atoms. The van der Waals surface area contributed by atoms with Crippen LogP contribution in [-0.2, 0) is 4.79 Å². The molecule has 0 aromatic heterocycles. The molecule has 1 saturated carbocycles. The van der Waals surface area contributed by atoms with Gasteiger partial charge in [-0.2, -0.15) is 0 Å². The van der Waals surface area contributed by atoms with Crippen molar-refractivity contribution in [1.82, 2.24) is 5.32 Å². The van der Waals surface area contributed by atoms with Crippen LogP contribution >= 0.6 is 23.2 Å². The molecule has 2 aliphatic rings. The number of carbonyl (C=O) groups excluding carboxylic acids is 1. The summed E-state index contributed by atoms with van der Waals surface area (Å²) in [5, 5.41) is 7.43. The average molecular weight is 313 g/mol. The summed E-state index contributed by atoms with van der Waals surface area (Å²) in [7, 11) is 0. The lowest BCUT2D eigenvalue weighted by Crippen LogP contribution is -2.39. The summed E-state index contributed by atoms with van der Waals surface area (Å²) in [5.41, 5.74) is 0.657. The van der Waals surface area contributed by atoms with Crippen LogP contribution < -0.4 is 10.6 Å². The second-order valence-electron chi connectivity index (χ2n) is 5.75. The van der Waals surface area contributed by atoms with Gasteiger partial charge in [0.1, 0.15) is 0 Å². The van der Waals surface area contributed by atoms with Gasteiger partial charge in [-0.25, -0.2) is 0 Å². The molecule has 0 bridgehead atoms. The van der Waals surface area contributed by atoms with Gasteiger partial charge >= 0.3 is 0 Å². The largest absolute Gasteiger partial charge is 0.325 e. The van der Waals surface area contributed by atoms with Gasteiger partial charge in [0.25, 0.3) is 0 Å². The Balaban J connectivity index is 1.64. The highest BCUT2D eigenvalue weighted by Crippen LogP contribution is 2.33. The molecule has 0 radical (unpaired) electrons. The molecule has 1 heterocycles. The SMILES string of the molecule is O=C(Nc1cc(Cl)cc(Cl)c1)C1CC2CCCCC2N1. The Morgan fingerprint density at radius 2 is 1.85 bits per heavy atom. The Labute approximate surface area is 129 Å². The molecule has 1 aliphatic carbocycles. The highest BCUT2D eigenvalue weighted by atomic mass is 35.5. The number of fused-ring (bicyclic) bond motifs is 1. The summed E-state index contributed by atoms with van der Waals surface area (Å²) in [6.07, 6.45) is 5.93. The lowest BCUT2D eigenvalue weighted by Gasteiger charge is -2.24. The van der Waals surface area contributed by atoms with Crippen LogP contribution in [0.25, 0.3) is 0 Å². The van der Waals surface area contributed by atoms with E-state index in [1.165, 1.54) is 25.7 Å². The maximum atomic E-state index is 12.3. The fourth-order valence-electron chi connectivity index (χ4n) is 3.38. The summed E-state index contributed by atoms with van der Waals surface area (Å²) in [5.74, 6) is 0.667. The minimum Gasteiger partial charge on any atom is -0.325 e. The third-order valence-corrected chi connectivity index (χ3v) is 4.75. The van der Waals surface area contributed by atoms with Gasteiger partial charge in [-0.3, -0.25) is 4.79 Å². The first-order valence-electron chi connectivity index (χ1n) is 7.15. The number of benzene rings is 1. The molecular formula is C15H18Cl2N2O. The Morgan fingerprint density at radius 3 is 2.55 bits per heavy atom. The van der Waals surface area contributed by atoms with Gasteiger partial charge in [-0.15, -0.1) is 0 Å². The van der Waals surface area contributed by atoms with Crippen molar-refractivity contribution in [2.75, 3.05) is 5.32 Å². The molecule has 5 heteroatoms. The Kier molecular flexibility index (Phi) is 4.20. The van der Waals surface area contributed by atoms with Crippen molar-refractivity contribution in [3.05, 3.63) is 28.2 Å². The van der Waals surface area contributed by atoms with Crippen molar-refractivity contribution in [1.29, 1.82) is 0 Å². The molecule has 2 fully saturated rings. The predicted molar refractivity (Wildman–Crippen MR) is 82.4 cm³/mol. The molecule has 1 aromatic rings. The first kappa shape index (κ1) is 14.2. The van der Waals surface area contributed by atoms with E-state index in [4.69, 9.17) is 23.2 Å². The Hall–Kier alpha value is -0.770. The zero-order chi connectivity index (χ0) is 14.1. The van der Waals surface area contributed by atoms with Crippen LogP contribution in [-0.4, -0.2) is 18.0 Å². The van der Waals surface area contributed by atoms with E-state index in [1.54, 1.807) is 18.2 Å². The van der Waals surface area contributed by atoms with E-state index in [9.17, 15) is 4.79 Å². The monoisotopic (exact) mass is 312 g/mol. The second-order valence-corrected chi connectivity index (χ2v) is 6.63. The van der Waals surface area contributed by atoms with Crippen molar-refractivity contribution in [2.45, 2.75) is 44.2 Å². The molecule has 2 N–H and O–H groups in total. The van der Waals surface area contributed by atoms with Gasteiger partial charge in [0.2, 0.25) is 5.91 Å². The normalized spacial score (nSPS) is 29.0. The van der Waals surface area contributed by atoms with E-state index in [-0.39, 0.29) is 11.9 Å². The van der Waals surface area contributed by atoms with E-state index < -0.39 is 0 Å². The lowest BCUT2D eigenvalue weighted by atomic mass is 9.85. The molecule has 3 nitrogen and oxygen atoms in total. The van der Waals surface area contributed by atoms with Crippen molar-refractivity contribution in [3.63, 3.8) is 0 Å². The molecule has 1 amide bonds. The number of anilines is 1. The summed E-state index contributed by atoms with van der Waals surface area (Å²) in [6.45, 7) is 0. The number of carbonyl (C=O) groups is 1. The molecule has 20 heavy (non-hydrogen) atoms. The number of hydrogen-bond acceptors (Lipinski definition) is 2. The third kappa shape index (κ3) is 3.11. The molecule has 3 atom stereocenters. The van der Waals surface area contributed by atoms with Crippen LogP contribution in [0.2, 0.25) is 10.0 Å². The topological polar surface area (TPSA) is 41.1 Å². The maximum Gasteiger partial charge on any atom is 0.241 e. The van der Waals surface area contributed by atoms with E-state index in [2.05, 4.69) is 10.6 Å². The smallest absolute Gasteiger partial charge is 0.241 e. The quantitative estimate of drug-likeness (QED) is 0.870. The van der Waals surface area contributed by atoms with E-state index in [0.29, 0.717) is 27.7 Å². The van der Waals surface area contributed by atoms with Crippen LogP contribution in [0.1, 0.15) is 32.1 Å². The van der Waals surface area contributed by atoms with Crippen LogP contribution in [0.5, 0.6) is 0 Å². The molecular weight excluding hydrogens is 295 g/mol. The summed E-state index contributed by atoms with van der Waals surface area (Å²) in [6, 6.07) is 5.50. The van der Waals surface area contributed by atoms with Gasteiger partial charge in [-0.05, 0) is 43.4 Å². The number of hydrogen-bond donors (Lipinski definition) is 2. The maximum absolute atomic E-state index is 12.3. The fourth-order valence-corrected chi connectivity index (χ4v) is 3.90. The Morgan fingerprint density at radius 1 is 1.15 bits per heavy atom. The minimum absolute atomic E-state index is 0.0118. The van der Waals surface area contributed by atoms with Crippen molar-refractivity contribution in [2.24, 2.45) is 5.92 Å². The van der Waals surface area contributed by atoms with E-state index in [0.717, 1.165) is 6.42 Å². The summed E-state index contributed by atoms with van der Waals surface area (Å²) < 4.78 is 0. The fraction of sp³-hybridized carbons (Fsp3) is 0.533. The minimum atomic E-state index is -0.0964. The molecule has 1 saturated heterocycles. The highest BCUT2D eigenvalue weighted by Gasteiger charge is 2.38. The molecule has 1 aliphatic heterocycles. The molecule has 1 aromatic carbocycles. The third-order valence-electron chi connectivity index (χ3n) is 4.31. The van der Waals surface area contributed by atoms with Crippen LogP contribution in [0.15, 0.2) is 18.2 Å². The van der Waals surface area contributed by atoms with Gasteiger partial charge in [-0.1, -0.05) is 36.0 Å². The number of halogens is 2. The summed E-state index contributed by atoms with van der Waals surface area (Å²) in [4.78, 5) is 12.3.